The molecule has 0 spiro atoms. The van der Waals surface area contributed by atoms with Gasteiger partial charge in [-0.1, -0.05) is 81.3 Å². The second-order valence-corrected chi connectivity index (χ2v) is 19.8. The fourth-order valence-electron chi connectivity index (χ4n) is 11.5. The van der Waals surface area contributed by atoms with Gasteiger partial charge in [0, 0.05) is 46.5 Å². The summed E-state index contributed by atoms with van der Waals surface area (Å²) in [5, 5.41) is 5.57. The van der Waals surface area contributed by atoms with Crippen LogP contribution < -0.4 is 20.1 Å². The second kappa shape index (κ2) is 18.9. The molecule has 6 aromatic rings. The Morgan fingerprint density at radius 2 is 1.11 bits per heavy atom. The van der Waals surface area contributed by atoms with E-state index >= 15 is 0 Å². The van der Waals surface area contributed by atoms with E-state index in [0.717, 1.165) is 56.3 Å². The van der Waals surface area contributed by atoms with Crippen LogP contribution in [0.15, 0.2) is 91.3 Å². The van der Waals surface area contributed by atoms with Crippen LogP contribution in [-0.2, 0) is 32.3 Å². The van der Waals surface area contributed by atoms with Gasteiger partial charge in [0.15, 0.2) is 0 Å². The van der Waals surface area contributed by atoms with E-state index in [0.29, 0.717) is 67.8 Å². The second-order valence-electron chi connectivity index (χ2n) is 19.8. The number of nitrogens with one attached hydrogen (secondary N) is 4. The molecule has 16 heteroatoms. The SMILES string of the molecule is COC(=O)N[C@@H](C(=O)N1C[C@@H](C)C[C@H]1c1ncc(-c2cc3c4c(c2)OCc2cc(-c5cnc([C@@H]6C[C@H](C)CN6C(=O)[C@H](NC(=O)OC)c6ccc(C7CCCC7)cc6)[nH]5)cc(c2-4)OC3)[nH]1)c1ccccc1. The highest BCUT2D eigenvalue weighted by Gasteiger charge is 2.42. The first-order valence-corrected chi connectivity index (χ1v) is 24.7. The highest BCUT2D eigenvalue weighted by atomic mass is 16.5. The van der Waals surface area contributed by atoms with Crippen molar-refractivity contribution in [3.8, 4) is 45.1 Å². The third kappa shape index (κ3) is 8.73. The molecule has 11 rings (SSSR count). The third-order valence-electron chi connectivity index (χ3n) is 15.0. The van der Waals surface area contributed by atoms with Gasteiger partial charge < -0.3 is 49.3 Å². The number of rotatable bonds is 11. The van der Waals surface area contributed by atoms with Crippen molar-refractivity contribution in [1.82, 2.24) is 40.4 Å². The van der Waals surface area contributed by atoms with Crippen LogP contribution >= 0.6 is 0 Å². The summed E-state index contributed by atoms with van der Waals surface area (Å²) in [6, 6.07) is 23.1. The number of ether oxygens (including phenoxy) is 4. The number of aromatic amines is 2. The molecule has 2 saturated heterocycles. The highest BCUT2D eigenvalue weighted by molar-refractivity contribution is 5.90. The van der Waals surface area contributed by atoms with E-state index in [1.54, 1.807) is 17.3 Å². The van der Waals surface area contributed by atoms with Crippen molar-refractivity contribution in [3.05, 3.63) is 131 Å². The van der Waals surface area contributed by atoms with Crippen molar-refractivity contribution in [2.75, 3.05) is 27.3 Å². The molecule has 5 aliphatic rings. The Kier molecular flexibility index (Phi) is 12.2. The summed E-state index contributed by atoms with van der Waals surface area (Å²) in [5.74, 6) is 3.33. The summed E-state index contributed by atoms with van der Waals surface area (Å²) in [5.41, 5.74) is 9.94. The molecule has 366 valence electrons. The summed E-state index contributed by atoms with van der Waals surface area (Å²) >= 11 is 0. The van der Waals surface area contributed by atoms with Gasteiger partial charge in [-0.15, -0.1) is 0 Å². The molecule has 1 aliphatic carbocycles. The van der Waals surface area contributed by atoms with Crippen LogP contribution in [0.3, 0.4) is 0 Å². The van der Waals surface area contributed by atoms with Crippen LogP contribution in [0.2, 0.25) is 0 Å². The standard InChI is InChI=1S/C55H58N8O8/c1-30-18-42(62(26-30)52(64)48(60-54(66)68-3)34-12-6-5-7-13-34)50-56-24-40(58-50)36-20-38-28-71-45-23-37(21-39-29-70-44(22-36)46(38)47(39)45)41-25-57-51(59-41)43-19-31(2)27-63(43)53(65)49(61-55(67)69-4)35-16-14-33(15-17-35)32-10-8-9-11-32/h5-7,12-17,20-25,30-32,42-43,48-49H,8-11,18-19,26-29H2,1-4H3,(H,56,58)(H,57,59)(H,60,66)(H,61,67)/t30-,31-,42-,43-,48+,49+/m0/s1. The Labute approximate surface area is 411 Å². The number of likely N-dealkylation sites (tertiary alicyclic amines) is 2. The summed E-state index contributed by atoms with van der Waals surface area (Å²) in [6.45, 7) is 5.91. The van der Waals surface area contributed by atoms with E-state index in [-0.39, 0.29) is 35.7 Å². The lowest BCUT2D eigenvalue weighted by Gasteiger charge is -2.30. The number of imidazole rings is 2. The highest BCUT2D eigenvalue weighted by Crippen LogP contribution is 2.51. The number of benzene rings is 4. The van der Waals surface area contributed by atoms with E-state index in [2.05, 4.69) is 58.7 Å². The van der Waals surface area contributed by atoms with Gasteiger partial charge in [-0.3, -0.25) is 9.59 Å². The largest absolute Gasteiger partial charge is 0.488 e. The smallest absolute Gasteiger partial charge is 0.407 e. The molecule has 71 heavy (non-hydrogen) atoms. The monoisotopic (exact) mass is 958 g/mol. The summed E-state index contributed by atoms with van der Waals surface area (Å²) in [6.07, 6.45) is 8.47. The van der Waals surface area contributed by atoms with Crippen molar-refractivity contribution in [2.24, 2.45) is 11.8 Å². The first-order valence-electron chi connectivity index (χ1n) is 24.7. The van der Waals surface area contributed by atoms with Gasteiger partial charge in [0.1, 0.15) is 48.4 Å². The molecule has 4 aliphatic heterocycles. The zero-order valence-electron chi connectivity index (χ0n) is 40.3. The Morgan fingerprint density at radius 1 is 0.648 bits per heavy atom. The quantitative estimate of drug-likeness (QED) is 0.0972. The maximum atomic E-state index is 14.5. The topological polar surface area (TPSA) is 193 Å². The van der Waals surface area contributed by atoms with Crippen molar-refractivity contribution >= 4 is 24.0 Å². The number of amides is 4. The maximum Gasteiger partial charge on any atom is 0.407 e. The number of nitrogens with zero attached hydrogens (tertiary/aromatic N) is 4. The average molecular weight is 959 g/mol. The van der Waals surface area contributed by atoms with Crippen molar-refractivity contribution in [3.63, 3.8) is 0 Å². The molecular formula is C55H58N8O8. The van der Waals surface area contributed by atoms with Crippen LogP contribution in [-0.4, -0.2) is 81.0 Å². The van der Waals surface area contributed by atoms with E-state index in [4.69, 9.17) is 28.9 Å². The van der Waals surface area contributed by atoms with Crippen LogP contribution in [0.1, 0.15) is 122 Å². The first kappa shape index (κ1) is 45.8. The van der Waals surface area contributed by atoms with Crippen LogP contribution in [0.5, 0.6) is 11.5 Å². The van der Waals surface area contributed by atoms with Crippen molar-refractivity contribution < 1.29 is 38.1 Å². The van der Waals surface area contributed by atoms with E-state index in [9.17, 15) is 19.2 Å². The number of hydrogen-bond donors (Lipinski definition) is 4. The molecular weight excluding hydrogens is 901 g/mol. The van der Waals surface area contributed by atoms with E-state index in [1.165, 1.54) is 45.5 Å². The molecule has 1 saturated carbocycles. The van der Waals surface area contributed by atoms with Gasteiger partial charge >= 0.3 is 12.2 Å². The Balaban J connectivity index is 0.825. The van der Waals surface area contributed by atoms with E-state index < -0.39 is 24.3 Å². The van der Waals surface area contributed by atoms with Crippen LogP contribution in [0.4, 0.5) is 9.59 Å². The Morgan fingerprint density at radius 3 is 1.58 bits per heavy atom. The van der Waals surface area contributed by atoms with Crippen molar-refractivity contribution in [1.29, 1.82) is 0 Å². The first-order chi connectivity index (χ1) is 34.5. The van der Waals surface area contributed by atoms with Gasteiger partial charge in [0.2, 0.25) is 0 Å². The number of carbonyl (C=O) groups excluding carboxylic acids is 4. The third-order valence-corrected chi connectivity index (χ3v) is 15.0. The van der Waals surface area contributed by atoms with Gasteiger partial charge in [-0.25, -0.2) is 19.6 Å². The molecule has 4 amide bonds. The molecule has 0 radical (unpaired) electrons. The number of carbonyl (C=O) groups is 4. The normalized spacial score (nSPS) is 20.9. The Hall–Kier alpha value is -7.62. The van der Waals surface area contributed by atoms with Gasteiger partial charge in [0.25, 0.3) is 11.8 Å². The van der Waals surface area contributed by atoms with Crippen LogP contribution in [0, 0.1) is 11.8 Å². The Bertz CT molecular complexity index is 2950. The number of H-pyrrole nitrogens is 2. The summed E-state index contributed by atoms with van der Waals surface area (Å²) in [7, 11) is 2.59. The molecule has 3 fully saturated rings. The average Bonchev–Trinajstić information content (AvgIpc) is 4.27. The minimum Gasteiger partial charge on any atom is -0.488 e. The molecule has 6 heterocycles. The predicted molar refractivity (Wildman–Crippen MR) is 263 cm³/mol. The lowest BCUT2D eigenvalue weighted by molar-refractivity contribution is -0.135. The molecule has 6 atom stereocenters. The summed E-state index contributed by atoms with van der Waals surface area (Å²) in [4.78, 5) is 74.2. The molecule has 4 N–H and O–H groups in total. The number of aromatic nitrogens is 4. The van der Waals surface area contributed by atoms with E-state index in [1.807, 2.05) is 59.5 Å². The molecule has 4 aromatic carbocycles. The number of hydrogen-bond acceptors (Lipinski definition) is 10. The lowest BCUT2D eigenvalue weighted by Crippen LogP contribution is -2.43. The molecule has 16 nitrogen and oxygen atoms in total. The molecule has 2 aromatic heterocycles. The zero-order chi connectivity index (χ0) is 48.9. The minimum atomic E-state index is -0.922. The maximum absolute atomic E-state index is 14.5. The fraction of sp³-hybridized carbons (Fsp3) is 0.382. The fourth-order valence-corrected chi connectivity index (χ4v) is 11.5. The van der Waals surface area contributed by atoms with Crippen LogP contribution in [0.25, 0.3) is 33.6 Å². The minimum absolute atomic E-state index is 0.207. The lowest BCUT2D eigenvalue weighted by atomic mass is 9.87. The number of alkyl carbamates (subject to hydrolysis) is 2. The summed E-state index contributed by atoms with van der Waals surface area (Å²) < 4.78 is 22.9. The van der Waals surface area contributed by atoms with Gasteiger partial charge in [0.05, 0.1) is 50.1 Å². The van der Waals surface area contributed by atoms with Gasteiger partial charge in [-0.05, 0) is 84.4 Å². The van der Waals surface area contributed by atoms with Gasteiger partial charge in [-0.2, -0.15) is 0 Å². The molecule has 0 bridgehead atoms. The predicted octanol–water partition coefficient (Wildman–Crippen LogP) is 9.59. The zero-order valence-corrected chi connectivity index (χ0v) is 40.3. The van der Waals surface area contributed by atoms with Crippen molar-refractivity contribution in [2.45, 2.75) is 95.7 Å². The number of methoxy groups -OCH3 is 2. The molecule has 0 unspecified atom stereocenters.